The number of sulfone groups is 1. The average Bonchev–Trinajstić information content (AvgIpc) is 3.14. The summed E-state index contributed by atoms with van der Waals surface area (Å²) in [5.41, 5.74) is 4.15. The van der Waals surface area contributed by atoms with Gasteiger partial charge in [0.15, 0.2) is 15.0 Å². The van der Waals surface area contributed by atoms with Gasteiger partial charge in [0.25, 0.3) is 5.91 Å². The first kappa shape index (κ1) is 21.1. The van der Waals surface area contributed by atoms with Crippen LogP contribution < -0.4 is 4.90 Å². The van der Waals surface area contributed by atoms with Gasteiger partial charge in [-0.05, 0) is 30.0 Å². The van der Waals surface area contributed by atoms with Crippen molar-refractivity contribution in [3.05, 3.63) is 65.2 Å². The second-order valence-corrected chi connectivity index (χ2v) is 11.7. The summed E-state index contributed by atoms with van der Waals surface area (Å²) in [7, 11) is -3.09. The van der Waals surface area contributed by atoms with Crippen molar-refractivity contribution in [2.75, 3.05) is 16.4 Å². The summed E-state index contributed by atoms with van der Waals surface area (Å²) >= 11 is 1.42. The lowest BCUT2D eigenvalue weighted by atomic mass is 9.99. The normalized spacial score (nSPS) is 23.9. The molecule has 0 saturated carbocycles. The molecule has 4 rings (SSSR count). The number of para-hydroxylation sites is 1. The minimum atomic E-state index is -3.09. The largest absolute Gasteiger partial charge is 0.315 e. The van der Waals surface area contributed by atoms with Crippen molar-refractivity contribution in [1.29, 1.82) is 0 Å². The number of amidine groups is 1. The predicted octanol–water partition coefficient (Wildman–Crippen LogP) is 3.96. The van der Waals surface area contributed by atoms with Gasteiger partial charge in [-0.25, -0.2) is 8.42 Å². The smallest absolute Gasteiger partial charge is 0.252 e. The maximum atomic E-state index is 12.8. The number of carbonyl (C=O) groups excluding carboxylic acids is 1. The second kappa shape index (κ2) is 8.19. The van der Waals surface area contributed by atoms with Crippen molar-refractivity contribution in [2.24, 2.45) is 4.99 Å². The van der Waals surface area contributed by atoms with Crippen molar-refractivity contribution in [1.82, 2.24) is 0 Å². The van der Waals surface area contributed by atoms with Crippen LogP contribution in [-0.2, 0) is 21.1 Å². The molecule has 2 heterocycles. The van der Waals surface area contributed by atoms with E-state index in [9.17, 15) is 13.2 Å². The van der Waals surface area contributed by atoms with Crippen molar-refractivity contribution >= 4 is 38.4 Å². The van der Waals surface area contributed by atoms with Gasteiger partial charge in [0.2, 0.25) is 0 Å². The average molecular weight is 443 g/mol. The zero-order chi connectivity index (χ0) is 21.5. The number of benzene rings is 2. The number of carbonyl (C=O) groups is 1. The highest BCUT2D eigenvalue weighted by Crippen LogP contribution is 2.43. The van der Waals surface area contributed by atoms with Gasteiger partial charge in [-0.15, -0.1) is 0 Å². The third-order valence-corrected chi connectivity index (χ3v) is 8.79. The molecule has 2 aliphatic rings. The van der Waals surface area contributed by atoms with E-state index in [1.807, 2.05) is 54.3 Å². The van der Waals surface area contributed by atoms with Crippen LogP contribution in [0.5, 0.6) is 0 Å². The maximum Gasteiger partial charge on any atom is 0.252 e. The van der Waals surface area contributed by atoms with Crippen molar-refractivity contribution in [3.8, 4) is 0 Å². The van der Waals surface area contributed by atoms with E-state index in [0.29, 0.717) is 5.17 Å². The number of hydrogen-bond donors (Lipinski definition) is 0. The number of aliphatic imine (C=N–C) groups is 1. The molecule has 2 saturated heterocycles. The zero-order valence-electron chi connectivity index (χ0n) is 17.4. The van der Waals surface area contributed by atoms with E-state index in [2.05, 4.69) is 24.9 Å². The number of thioether (sulfide) groups is 1. The first-order chi connectivity index (χ1) is 14.2. The summed E-state index contributed by atoms with van der Waals surface area (Å²) in [5.74, 6) is 0.292. The summed E-state index contributed by atoms with van der Waals surface area (Å²) in [5, 5.41) is 0.520. The van der Waals surface area contributed by atoms with E-state index in [1.165, 1.54) is 11.8 Å². The molecule has 30 heavy (non-hydrogen) atoms. The Bertz CT molecular complexity index is 1090. The van der Waals surface area contributed by atoms with Gasteiger partial charge in [-0.3, -0.25) is 4.79 Å². The Labute approximate surface area is 182 Å². The third-order valence-electron chi connectivity index (χ3n) is 5.58. The van der Waals surface area contributed by atoms with Gasteiger partial charge in [0.05, 0.1) is 24.0 Å². The first-order valence-corrected chi connectivity index (χ1v) is 12.9. The van der Waals surface area contributed by atoms with Gasteiger partial charge < -0.3 is 4.90 Å². The van der Waals surface area contributed by atoms with Gasteiger partial charge in [0.1, 0.15) is 0 Å². The third kappa shape index (κ3) is 4.32. The standard InChI is InChI=1S/C23H26N2O3S2/c1-15(2)18-6-4-5-7-19(18)25-20-13-30(27,28)14-21(20)29-23(25)24-22(26)12-17-10-8-16(3)9-11-17/h4-11,15,20-21H,12-14H2,1-3H3/t20-,21+/m0/s1. The molecule has 2 aliphatic heterocycles. The van der Waals surface area contributed by atoms with Gasteiger partial charge in [-0.2, -0.15) is 4.99 Å². The molecule has 1 amide bonds. The highest BCUT2D eigenvalue weighted by atomic mass is 32.2. The Kier molecular flexibility index (Phi) is 5.77. The van der Waals surface area contributed by atoms with E-state index in [1.54, 1.807) is 0 Å². The van der Waals surface area contributed by atoms with Gasteiger partial charge in [0, 0.05) is 10.9 Å². The van der Waals surface area contributed by atoms with Crippen molar-refractivity contribution in [2.45, 2.75) is 44.4 Å². The fourth-order valence-corrected chi connectivity index (χ4v) is 7.99. The molecule has 0 bridgehead atoms. The summed E-state index contributed by atoms with van der Waals surface area (Å²) in [6, 6.07) is 15.7. The molecule has 5 nitrogen and oxygen atoms in total. The molecule has 158 valence electrons. The molecule has 0 aliphatic carbocycles. The monoisotopic (exact) mass is 442 g/mol. The molecule has 2 atom stereocenters. The molecular weight excluding hydrogens is 416 g/mol. The highest BCUT2D eigenvalue weighted by molar-refractivity contribution is 8.16. The predicted molar refractivity (Wildman–Crippen MR) is 124 cm³/mol. The van der Waals surface area contributed by atoms with Gasteiger partial charge >= 0.3 is 0 Å². The molecule has 0 aromatic heterocycles. The highest BCUT2D eigenvalue weighted by Gasteiger charge is 2.49. The van der Waals surface area contributed by atoms with Gasteiger partial charge in [-0.1, -0.05) is 73.6 Å². The number of nitrogens with zero attached hydrogens (tertiary/aromatic N) is 2. The first-order valence-electron chi connectivity index (χ1n) is 10.2. The summed E-state index contributed by atoms with van der Waals surface area (Å²) in [6.07, 6.45) is 0.234. The van der Waals surface area contributed by atoms with Crippen LogP contribution in [0.2, 0.25) is 0 Å². The number of anilines is 1. The molecule has 0 spiro atoms. The molecule has 0 radical (unpaired) electrons. The number of aryl methyl sites for hydroxylation is 1. The lowest BCUT2D eigenvalue weighted by Gasteiger charge is -2.28. The van der Waals surface area contributed by atoms with Crippen LogP contribution in [0.3, 0.4) is 0 Å². The van der Waals surface area contributed by atoms with Crippen LogP contribution in [0.4, 0.5) is 5.69 Å². The fraction of sp³-hybridized carbons (Fsp3) is 0.391. The van der Waals surface area contributed by atoms with E-state index in [-0.39, 0.29) is 41.0 Å². The maximum absolute atomic E-state index is 12.8. The summed E-state index contributed by atoms with van der Waals surface area (Å²) in [4.78, 5) is 19.2. The number of hydrogen-bond acceptors (Lipinski definition) is 4. The zero-order valence-corrected chi connectivity index (χ0v) is 19.0. The summed E-state index contributed by atoms with van der Waals surface area (Å²) < 4.78 is 24.6. The van der Waals surface area contributed by atoms with Crippen LogP contribution in [0, 0.1) is 6.92 Å². The van der Waals surface area contributed by atoms with E-state index in [0.717, 1.165) is 22.4 Å². The Hall–Kier alpha value is -2.12. The quantitative estimate of drug-likeness (QED) is 0.717. The van der Waals surface area contributed by atoms with E-state index >= 15 is 0 Å². The van der Waals surface area contributed by atoms with Crippen LogP contribution in [0.25, 0.3) is 0 Å². The lowest BCUT2D eigenvalue weighted by Crippen LogP contribution is -2.38. The Morgan fingerprint density at radius 1 is 1.13 bits per heavy atom. The van der Waals surface area contributed by atoms with Crippen LogP contribution in [0.1, 0.15) is 36.5 Å². The Morgan fingerprint density at radius 2 is 1.83 bits per heavy atom. The lowest BCUT2D eigenvalue weighted by molar-refractivity contribution is -0.117. The Balaban J connectivity index is 1.69. The molecule has 2 aromatic carbocycles. The number of amides is 1. The molecule has 2 fully saturated rings. The number of fused-ring (bicyclic) bond motifs is 1. The summed E-state index contributed by atoms with van der Waals surface area (Å²) in [6.45, 7) is 6.24. The van der Waals surface area contributed by atoms with E-state index < -0.39 is 9.84 Å². The number of rotatable bonds is 4. The van der Waals surface area contributed by atoms with Crippen LogP contribution in [0.15, 0.2) is 53.5 Å². The molecule has 7 heteroatoms. The minimum Gasteiger partial charge on any atom is -0.315 e. The molecule has 0 N–H and O–H groups in total. The second-order valence-electron chi connectivity index (χ2n) is 8.33. The fourth-order valence-electron chi connectivity index (χ4n) is 4.07. The van der Waals surface area contributed by atoms with Crippen LogP contribution in [-0.4, -0.2) is 42.3 Å². The topological polar surface area (TPSA) is 66.8 Å². The Morgan fingerprint density at radius 3 is 2.53 bits per heavy atom. The molecule has 0 unspecified atom stereocenters. The minimum absolute atomic E-state index is 0.0962. The SMILES string of the molecule is Cc1ccc(CC(=O)N=C2S[C@@H]3CS(=O)(=O)C[C@@H]3N2c2ccccc2C(C)C)cc1. The van der Waals surface area contributed by atoms with Crippen molar-refractivity contribution in [3.63, 3.8) is 0 Å². The van der Waals surface area contributed by atoms with E-state index in [4.69, 9.17) is 0 Å². The van der Waals surface area contributed by atoms with Crippen molar-refractivity contribution < 1.29 is 13.2 Å². The molecular formula is C23H26N2O3S2. The molecule has 2 aromatic rings. The van der Waals surface area contributed by atoms with Crippen LogP contribution >= 0.6 is 11.8 Å².